The lowest BCUT2D eigenvalue weighted by molar-refractivity contribution is -0.137. The highest BCUT2D eigenvalue weighted by Gasteiger charge is 2.30. The van der Waals surface area contributed by atoms with Crippen LogP contribution >= 0.6 is 0 Å². The van der Waals surface area contributed by atoms with Crippen molar-refractivity contribution in [2.75, 3.05) is 0 Å². The Morgan fingerprint density at radius 3 is 1.80 bits per heavy atom. The maximum atomic E-state index is 11.2. The summed E-state index contributed by atoms with van der Waals surface area (Å²) in [5.74, 6) is 0.491. The van der Waals surface area contributed by atoms with Gasteiger partial charge < -0.3 is 5.11 Å². The van der Waals surface area contributed by atoms with Crippen LogP contribution in [0.4, 0.5) is 0 Å². The smallest absolute Gasteiger partial charge is 0.303 e. The monoisotopic (exact) mass is 338 g/mol. The van der Waals surface area contributed by atoms with Crippen molar-refractivity contribution >= 4 is 5.97 Å². The molecule has 2 rings (SSSR count). The van der Waals surface area contributed by atoms with Crippen LogP contribution in [0.2, 0.25) is 0 Å². The molecule has 2 aromatic rings. The second-order valence-corrected chi connectivity index (χ2v) is 6.83. The van der Waals surface area contributed by atoms with Crippen LogP contribution in [0.3, 0.4) is 0 Å². The van der Waals surface area contributed by atoms with Crippen LogP contribution in [0.1, 0.15) is 68.9 Å². The molecular weight excluding hydrogens is 308 g/mol. The van der Waals surface area contributed by atoms with E-state index in [2.05, 4.69) is 68.4 Å². The summed E-state index contributed by atoms with van der Waals surface area (Å²) in [7, 11) is 0. The first-order valence-electron chi connectivity index (χ1n) is 9.49. The summed E-state index contributed by atoms with van der Waals surface area (Å²) in [6.07, 6.45) is 4.24. The Balaban J connectivity index is 2.38. The van der Waals surface area contributed by atoms with Crippen molar-refractivity contribution in [3.05, 3.63) is 71.8 Å². The summed E-state index contributed by atoms with van der Waals surface area (Å²) in [6.45, 7) is 4.48. The third-order valence-corrected chi connectivity index (χ3v) is 5.22. The zero-order chi connectivity index (χ0) is 18.1. The summed E-state index contributed by atoms with van der Waals surface area (Å²) in [5, 5.41) is 9.23. The number of hydrogen-bond donors (Lipinski definition) is 1. The Bertz CT molecular complexity index is 621. The average molecular weight is 338 g/mol. The SMILES string of the molecule is CCCC(C(CC)c1ccccc1)C(CCC(=O)O)c1ccccc1. The number of carboxylic acid groups (broad SMARTS) is 1. The third-order valence-electron chi connectivity index (χ3n) is 5.22. The molecule has 0 spiro atoms. The topological polar surface area (TPSA) is 37.3 Å². The van der Waals surface area contributed by atoms with Crippen molar-refractivity contribution in [1.29, 1.82) is 0 Å². The van der Waals surface area contributed by atoms with Crippen molar-refractivity contribution in [3.8, 4) is 0 Å². The standard InChI is InChI=1S/C23H30O2/c1-3-11-22(20(4-2)18-12-7-5-8-13-18)21(16-17-23(24)25)19-14-9-6-10-15-19/h5-10,12-15,20-22H,3-4,11,16-17H2,1-2H3,(H,24,25). The van der Waals surface area contributed by atoms with Crippen LogP contribution in [0.25, 0.3) is 0 Å². The van der Waals surface area contributed by atoms with Crippen LogP contribution in [0.5, 0.6) is 0 Å². The summed E-state index contributed by atoms with van der Waals surface area (Å²) in [6, 6.07) is 21.2. The lowest BCUT2D eigenvalue weighted by Gasteiger charge is -2.34. The van der Waals surface area contributed by atoms with Gasteiger partial charge in [0.2, 0.25) is 0 Å². The summed E-state index contributed by atoms with van der Waals surface area (Å²) in [5.41, 5.74) is 2.65. The molecule has 3 unspecified atom stereocenters. The zero-order valence-corrected chi connectivity index (χ0v) is 15.4. The highest BCUT2D eigenvalue weighted by atomic mass is 16.4. The molecule has 0 aliphatic carbocycles. The highest BCUT2D eigenvalue weighted by molar-refractivity contribution is 5.66. The molecule has 0 aliphatic heterocycles. The van der Waals surface area contributed by atoms with Gasteiger partial charge in [-0.15, -0.1) is 0 Å². The highest BCUT2D eigenvalue weighted by Crippen LogP contribution is 2.43. The van der Waals surface area contributed by atoms with Crippen LogP contribution in [0.15, 0.2) is 60.7 Å². The Morgan fingerprint density at radius 1 is 0.840 bits per heavy atom. The lowest BCUT2D eigenvalue weighted by Crippen LogP contribution is -2.22. The van der Waals surface area contributed by atoms with E-state index in [1.54, 1.807) is 0 Å². The molecule has 0 aromatic heterocycles. The van der Waals surface area contributed by atoms with Crippen molar-refractivity contribution in [2.45, 2.75) is 57.8 Å². The summed E-state index contributed by atoms with van der Waals surface area (Å²) < 4.78 is 0. The molecule has 0 fully saturated rings. The Morgan fingerprint density at radius 2 is 1.36 bits per heavy atom. The third kappa shape index (κ3) is 5.45. The predicted octanol–water partition coefficient (Wildman–Crippen LogP) is 6.25. The Hall–Kier alpha value is -2.09. The quantitative estimate of drug-likeness (QED) is 0.556. The number of carbonyl (C=O) groups is 1. The minimum atomic E-state index is -0.705. The van der Waals surface area contributed by atoms with E-state index in [1.807, 2.05) is 6.07 Å². The molecule has 0 amide bonds. The van der Waals surface area contributed by atoms with E-state index in [0.717, 1.165) is 19.3 Å². The molecule has 0 heterocycles. The van der Waals surface area contributed by atoms with Gasteiger partial charge in [-0.3, -0.25) is 4.79 Å². The second-order valence-electron chi connectivity index (χ2n) is 6.83. The maximum Gasteiger partial charge on any atom is 0.303 e. The van der Waals surface area contributed by atoms with Gasteiger partial charge in [-0.1, -0.05) is 80.9 Å². The van der Waals surface area contributed by atoms with E-state index in [-0.39, 0.29) is 12.3 Å². The molecular formula is C23H30O2. The molecule has 0 radical (unpaired) electrons. The fourth-order valence-corrected chi connectivity index (χ4v) is 4.11. The molecule has 0 saturated carbocycles. The normalized spacial score (nSPS) is 14.6. The number of hydrogen-bond acceptors (Lipinski definition) is 1. The zero-order valence-electron chi connectivity index (χ0n) is 15.4. The van der Waals surface area contributed by atoms with E-state index in [0.29, 0.717) is 18.3 Å². The van der Waals surface area contributed by atoms with Crippen molar-refractivity contribution in [1.82, 2.24) is 0 Å². The molecule has 2 aromatic carbocycles. The molecule has 3 atom stereocenters. The first-order chi connectivity index (χ1) is 12.2. The number of rotatable bonds is 10. The van der Waals surface area contributed by atoms with Gasteiger partial charge in [-0.2, -0.15) is 0 Å². The minimum Gasteiger partial charge on any atom is -0.481 e. The van der Waals surface area contributed by atoms with E-state index in [1.165, 1.54) is 11.1 Å². The fourth-order valence-electron chi connectivity index (χ4n) is 4.11. The van der Waals surface area contributed by atoms with Crippen molar-refractivity contribution in [2.24, 2.45) is 5.92 Å². The van der Waals surface area contributed by atoms with Crippen LogP contribution in [-0.4, -0.2) is 11.1 Å². The molecule has 2 heteroatoms. The first kappa shape index (κ1) is 19.2. The molecule has 0 saturated heterocycles. The maximum absolute atomic E-state index is 11.2. The molecule has 25 heavy (non-hydrogen) atoms. The second kappa shape index (κ2) is 10.0. The molecule has 0 bridgehead atoms. The van der Waals surface area contributed by atoms with Crippen LogP contribution in [0, 0.1) is 5.92 Å². The largest absolute Gasteiger partial charge is 0.481 e. The molecule has 0 aliphatic rings. The minimum absolute atomic E-state index is 0.227. The number of aliphatic carboxylic acids is 1. The summed E-state index contributed by atoms with van der Waals surface area (Å²) in [4.78, 5) is 11.2. The molecule has 134 valence electrons. The van der Waals surface area contributed by atoms with Crippen molar-refractivity contribution < 1.29 is 9.90 Å². The molecule has 1 N–H and O–H groups in total. The number of benzene rings is 2. The van der Waals surface area contributed by atoms with Gasteiger partial charge in [0.25, 0.3) is 0 Å². The van der Waals surface area contributed by atoms with Gasteiger partial charge in [-0.05, 0) is 48.1 Å². The van der Waals surface area contributed by atoms with Crippen LogP contribution < -0.4 is 0 Å². The Labute approximate surface area is 151 Å². The van der Waals surface area contributed by atoms with E-state index >= 15 is 0 Å². The lowest BCUT2D eigenvalue weighted by atomic mass is 9.70. The predicted molar refractivity (Wildman–Crippen MR) is 104 cm³/mol. The molecule has 2 nitrogen and oxygen atoms in total. The number of carboxylic acids is 1. The van der Waals surface area contributed by atoms with Crippen molar-refractivity contribution in [3.63, 3.8) is 0 Å². The van der Waals surface area contributed by atoms with E-state index in [9.17, 15) is 9.90 Å². The summed E-state index contributed by atoms with van der Waals surface area (Å²) >= 11 is 0. The average Bonchev–Trinajstić information content (AvgIpc) is 2.64. The van der Waals surface area contributed by atoms with Gasteiger partial charge in [-0.25, -0.2) is 0 Å². The van der Waals surface area contributed by atoms with Gasteiger partial charge in [0.1, 0.15) is 0 Å². The first-order valence-corrected chi connectivity index (χ1v) is 9.49. The fraction of sp³-hybridized carbons (Fsp3) is 0.435. The van der Waals surface area contributed by atoms with Gasteiger partial charge in [0.15, 0.2) is 0 Å². The van der Waals surface area contributed by atoms with Gasteiger partial charge >= 0.3 is 5.97 Å². The Kier molecular flexibility index (Phi) is 7.72. The van der Waals surface area contributed by atoms with E-state index < -0.39 is 5.97 Å². The van der Waals surface area contributed by atoms with Gasteiger partial charge in [0, 0.05) is 6.42 Å². The van der Waals surface area contributed by atoms with E-state index in [4.69, 9.17) is 0 Å². The van der Waals surface area contributed by atoms with Crippen LogP contribution in [-0.2, 0) is 4.79 Å². The van der Waals surface area contributed by atoms with Gasteiger partial charge in [0.05, 0.1) is 0 Å².